The summed E-state index contributed by atoms with van der Waals surface area (Å²) >= 11 is 6.24. The Labute approximate surface area is 131 Å². The Bertz CT molecular complexity index is 620. The number of piperidine rings is 1. The van der Waals surface area contributed by atoms with E-state index in [9.17, 15) is 0 Å². The van der Waals surface area contributed by atoms with E-state index in [2.05, 4.69) is 35.2 Å². The summed E-state index contributed by atoms with van der Waals surface area (Å²) < 4.78 is 0. The Balaban J connectivity index is 1.81. The van der Waals surface area contributed by atoms with Gasteiger partial charge in [-0.25, -0.2) is 0 Å². The van der Waals surface area contributed by atoms with Crippen LogP contribution in [0.25, 0.3) is 10.9 Å². The molecule has 1 aromatic heterocycles. The lowest BCUT2D eigenvalue weighted by Gasteiger charge is -2.33. The van der Waals surface area contributed by atoms with Gasteiger partial charge in [0.2, 0.25) is 0 Å². The predicted molar refractivity (Wildman–Crippen MR) is 90.1 cm³/mol. The number of benzene rings is 1. The fourth-order valence-electron chi connectivity index (χ4n) is 3.16. The number of nitrogens with one attached hydrogen (secondary N) is 1. The highest BCUT2D eigenvalue weighted by molar-refractivity contribution is 6.31. The van der Waals surface area contributed by atoms with Crippen LogP contribution in [0.3, 0.4) is 0 Å². The third-order valence-corrected chi connectivity index (χ3v) is 4.74. The van der Waals surface area contributed by atoms with Crippen molar-refractivity contribution in [1.29, 1.82) is 0 Å². The number of hydrogen-bond acceptors (Lipinski definition) is 3. The van der Waals surface area contributed by atoms with E-state index in [-0.39, 0.29) is 0 Å². The minimum atomic E-state index is 0.433. The maximum atomic E-state index is 6.24. The first-order chi connectivity index (χ1) is 10.1. The van der Waals surface area contributed by atoms with Crippen molar-refractivity contribution in [2.45, 2.75) is 25.8 Å². The van der Waals surface area contributed by atoms with Gasteiger partial charge >= 0.3 is 0 Å². The standard InChI is InChI=1S/C17H22ClN3/c1-12(13-5-8-21(2)9-6-13)20-16-11-15(18)10-14-4-3-7-19-17(14)16/h3-4,7,10-13,20H,5-6,8-9H2,1-2H3. The summed E-state index contributed by atoms with van der Waals surface area (Å²) in [5, 5.41) is 5.49. The van der Waals surface area contributed by atoms with Gasteiger partial charge < -0.3 is 10.2 Å². The highest BCUT2D eigenvalue weighted by atomic mass is 35.5. The maximum Gasteiger partial charge on any atom is 0.0934 e. The van der Waals surface area contributed by atoms with E-state index >= 15 is 0 Å². The van der Waals surface area contributed by atoms with Crippen LogP contribution < -0.4 is 5.32 Å². The number of fused-ring (bicyclic) bond motifs is 1. The number of pyridine rings is 1. The predicted octanol–water partition coefficient (Wildman–Crippen LogP) is 4.03. The van der Waals surface area contributed by atoms with Crippen molar-refractivity contribution in [2.24, 2.45) is 5.92 Å². The van der Waals surface area contributed by atoms with E-state index in [0.717, 1.165) is 21.6 Å². The van der Waals surface area contributed by atoms with Crippen molar-refractivity contribution in [3.63, 3.8) is 0 Å². The largest absolute Gasteiger partial charge is 0.381 e. The molecule has 1 aromatic carbocycles. The van der Waals surface area contributed by atoms with Crippen molar-refractivity contribution in [2.75, 3.05) is 25.5 Å². The molecule has 0 bridgehead atoms. The Morgan fingerprint density at radius 3 is 2.86 bits per heavy atom. The monoisotopic (exact) mass is 303 g/mol. The molecule has 3 rings (SSSR count). The minimum Gasteiger partial charge on any atom is -0.381 e. The third-order valence-electron chi connectivity index (χ3n) is 4.52. The highest BCUT2D eigenvalue weighted by Crippen LogP contribution is 2.29. The van der Waals surface area contributed by atoms with Crippen molar-refractivity contribution in [3.8, 4) is 0 Å². The molecule has 2 heterocycles. The summed E-state index contributed by atoms with van der Waals surface area (Å²) in [5.74, 6) is 0.707. The molecule has 112 valence electrons. The molecule has 0 radical (unpaired) electrons. The average Bonchev–Trinajstić information content (AvgIpc) is 2.47. The van der Waals surface area contributed by atoms with Gasteiger partial charge in [0.05, 0.1) is 11.2 Å². The number of halogens is 1. The molecule has 1 atom stereocenters. The van der Waals surface area contributed by atoms with Crippen molar-refractivity contribution < 1.29 is 0 Å². The van der Waals surface area contributed by atoms with Gasteiger partial charge in [-0.2, -0.15) is 0 Å². The van der Waals surface area contributed by atoms with Gasteiger partial charge in [0, 0.05) is 22.6 Å². The molecule has 21 heavy (non-hydrogen) atoms. The van der Waals surface area contributed by atoms with Gasteiger partial charge in [0.1, 0.15) is 0 Å². The number of anilines is 1. The third kappa shape index (κ3) is 3.30. The fraction of sp³-hybridized carbons (Fsp3) is 0.471. The number of rotatable bonds is 3. The van der Waals surface area contributed by atoms with Crippen LogP contribution in [0, 0.1) is 5.92 Å². The lowest BCUT2D eigenvalue weighted by atomic mass is 9.90. The molecule has 1 fully saturated rings. The zero-order chi connectivity index (χ0) is 14.8. The highest BCUT2D eigenvalue weighted by Gasteiger charge is 2.22. The van der Waals surface area contributed by atoms with Gasteiger partial charge in [-0.15, -0.1) is 0 Å². The summed E-state index contributed by atoms with van der Waals surface area (Å²) in [6.45, 7) is 4.64. The zero-order valence-corrected chi connectivity index (χ0v) is 13.4. The van der Waals surface area contributed by atoms with E-state index < -0.39 is 0 Å². The quantitative estimate of drug-likeness (QED) is 0.928. The molecule has 0 amide bonds. The molecule has 3 nitrogen and oxygen atoms in total. The van der Waals surface area contributed by atoms with Crippen LogP contribution in [0.15, 0.2) is 30.5 Å². The SMILES string of the molecule is CC(Nc1cc(Cl)cc2cccnc12)C1CCN(C)CC1. The zero-order valence-electron chi connectivity index (χ0n) is 12.6. The van der Waals surface area contributed by atoms with E-state index in [0.29, 0.717) is 12.0 Å². The van der Waals surface area contributed by atoms with Crippen LogP contribution in [0.4, 0.5) is 5.69 Å². The molecular weight excluding hydrogens is 282 g/mol. The van der Waals surface area contributed by atoms with Crippen molar-refractivity contribution in [1.82, 2.24) is 9.88 Å². The normalized spacial score (nSPS) is 18.8. The lowest BCUT2D eigenvalue weighted by Crippen LogP contribution is -2.37. The first kappa shape index (κ1) is 14.6. The second kappa shape index (κ2) is 6.20. The van der Waals surface area contributed by atoms with Crippen LogP contribution in [0.2, 0.25) is 5.02 Å². The van der Waals surface area contributed by atoms with Gasteiger partial charge in [-0.1, -0.05) is 17.7 Å². The van der Waals surface area contributed by atoms with Crippen LogP contribution >= 0.6 is 11.6 Å². The van der Waals surface area contributed by atoms with Crippen LogP contribution in [-0.2, 0) is 0 Å². The van der Waals surface area contributed by atoms with E-state index in [1.165, 1.54) is 25.9 Å². The van der Waals surface area contributed by atoms with E-state index in [4.69, 9.17) is 11.6 Å². The molecule has 0 aliphatic carbocycles. The van der Waals surface area contributed by atoms with E-state index in [1.54, 1.807) is 0 Å². The van der Waals surface area contributed by atoms with E-state index in [1.807, 2.05) is 24.4 Å². The maximum absolute atomic E-state index is 6.24. The molecule has 1 aliphatic rings. The summed E-state index contributed by atoms with van der Waals surface area (Å²) in [7, 11) is 2.20. The second-order valence-corrected chi connectivity index (χ2v) is 6.54. The Morgan fingerprint density at radius 2 is 2.10 bits per heavy atom. The summed E-state index contributed by atoms with van der Waals surface area (Å²) in [6, 6.07) is 8.39. The summed E-state index contributed by atoms with van der Waals surface area (Å²) in [6.07, 6.45) is 4.33. The van der Waals surface area contributed by atoms with Crippen LogP contribution in [0.5, 0.6) is 0 Å². The lowest BCUT2D eigenvalue weighted by molar-refractivity contribution is 0.208. The minimum absolute atomic E-state index is 0.433. The van der Waals surface area contributed by atoms with Crippen LogP contribution in [0.1, 0.15) is 19.8 Å². The molecule has 1 aliphatic heterocycles. The number of nitrogens with zero attached hydrogens (tertiary/aromatic N) is 2. The molecule has 1 unspecified atom stereocenters. The van der Waals surface area contributed by atoms with Gasteiger partial charge in [0.15, 0.2) is 0 Å². The molecule has 1 saturated heterocycles. The van der Waals surface area contributed by atoms with Gasteiger partial charge in [0.25, 0.3) is 0 Å². The molecule has 2 aromatic rings. The number of hydrogen-bond donors (Lipinski definition) is 1. The summed E-state index contributed by atoms with van der Waals surface area (Å²) in [4.78, 5) is 6.91. The molecule has 0 saturated carbocycles. The number of aromatic nitrogens is 1. The average molecular weight is 304 g/mol. The Hall–Kier alpha value is -1.32. The molecule has 0 spiro atoms. The Kier molecular flexibility index (Phi) is 4.32. The van der Waals surface area contributed by atoms with Gasteiger partial charge in [-0.3, -0.25) is 4.98 Å². The molecule has 4 heteroatoms. The van der Waals surface area contributed by atoms with Crippen LogP contribution in [-0.4, -0.2) is 36.1 Å². The van der Waals surface area contributed by atoms with Gasteiger partial charge in [-0.05, 0) is 64.0 Å². The topological polar surface area (TPSA) is 28.2 Å². The fourth-order valence-corrected chi connectivity index (χ4v) is 3.38. The van der Waals surface area contributed by atoms with Crippen molar-refractivity contribution in [3.05, 3.63) is 35.5 Å². The Morgan fingerprint density at radius 1 is 1.33 bits per heavy atom. The number of likely N-dealkylation sites (tertiary alicyclic amines) is 1. The summed E-state index contributed by atoms with van der Waals surface area (Å²) in [5.41, 5.74) is 2.05. The van der Waals surface area contributed by atoms with Crippen molar-refractivity contribution >= 4 is 28.2 Å². The first-order valence-corrected chi connectivity index (χ1v) is 8.00. The molecular formula is C17H22ClN3. The molecule has 1 N–H and O–H groups in total. The first-order valence-electron chi connectivity index (χ1n) is 7.63. The second-order valence-electron chi connectivity index (χ2n) is 6.10. The smallest absolute Gasteiger partial charge is 0.0934 e.